The molecule has 1 aromatic rings. The summed E-state index contributed by atoms with van der Waals surface area (Å²) in [6.07, 6.45) is 4.00. The van der Waals surface area contributed by atoms with Gasteiger partial charge in [-0.25, -0.2) is 5.48 Å². The van der Waals surface area contributed by atoms with Crippen molar-refractivity contribution in [1.29, 1.82) is 0 Å². The molecule has 5 heteroatoms. The lowest BCUT2D eigenvalue weighted by atomic mass is 9.79. The van der Waals surface area contributed by atoms with Crippen molar-refractivity contribution in [2.45, 2.75) is 50.5 Å². The molecule has 1 atom stereocenters. The van der Waals surface area contributed by atoms with E-state index in [0.29, 0.717) is 5.56 Å². The molecule has 0 spiro atoms. The molecule has 1 aliphatic carbocycles. The maximum Gasteiger partial charge on any atom is 0.314 e. The van der Waals surface area contributed by atoms with Crippen molar-refractivity contribution in [3.63, 3.8) is 0 Å². The fraction of sp³-hybridized carbons (Fsp3) is 0.500. The van der Waals surface area contributed by atoms with E-state index in [1.165, 1.54) is 0 Å². The number of hydrogen-bond donors (Lipinski definition) is 2. The highest BCUT2D eigenvalue weighted by Crippen LogP contribution is 2.28. The first-order valence-corrected chi connectivity index (χ1v) is 7.26. The molecule has 114 valence electrons. The number of hydroxylamine groups is 1. The number of nitrogens with one attached hydrogen (secondary N) is 1. The van der Waals surface area contributed by atoms with Gasteiger partial charge in [-0.2, -0.15) is 0 Å². The van der Waals surface area contributed by atoms with E-state index < -0.39 is 17.3 Å². The predicted molar refractivity (Wildman–Crippen MR) is 77.5 cm³/mol. The van der Waals surface area contributed by atoms with E-state index in [0.717, 1.165) is 25.7 Å². The fourth-order valence-electron chi connectivity index (χ4n) is 2.62. The molecule has 1 amide bonds. The maximum absolute atomic E-state index is 12.0. The minimum absolute atomic E-state index is 0.0572. The van der Waals surface area contributed by atoms with Gasteiger partial charge in [0.1, 0.15) is 0 Å². The molecule has 1 aromatic carbocycles. The van der Waals surface area contributed by atoms with Crippen molar-refractivity contribution in [3.05, 3.63) is 35.9 Å². The van der Waals surface area contributed by atoms with Gasteiger partial charge in [-0.3, -0.25) is 14.4 Å². The van der Waals surface area contributed by atoms with Gasteiger partial charge in [0.15, 0.2) is 0 Å². The molecule has 1 unspecified atom stereocenters. The fourth-order valence-corrected chi connectivity index (χ4v) is 2.62. The highest BCUT2D eigenvalue weighted by Gasteiger charge is 2.37. The molecule has 0 heterocycles. The predicted octanol–water partition coefficient (Wildman–Crippen LogP) is 2.41. The van der Waals surface area contributed by atoms with Crippen LogP contribution in [0.1, 0.15) is 44.6 Å². The number of rotatable bonds is 6. The minimum atomic E-state index is -1.26. The second-order valence-electron chi connectivity index (χ2n) is 5.73. The average molecular weight is 291 g/mol. The smallest absolute Gasteiger partial charge is 0.314 e. The molecule has 0 bridgehead atoms. The van der Waals surface area contributed by atoms with Crippen LogP contribution in [0.3, 0.4) is 0 Å². The zero-order chi connectivity index (χ0) is 15.3. The largest absolute Gasteiger partial charge is 0.481 e. The number of carbonyl (C=O) groups excluding carboxylic acids is 1. The normalized spacial score (nSPS) is 18.1. The van der Waals surface area contributed by atoms with Crippen LogP contribution in [0.15, 0.2) is 30.3 Å². The van der Waals surface area contributed by atoms with Crippen LogP contribution in [0.5, 0.6) is 0 Å². The van der Waals surface area contributed by atoms with Crippen LogP contribution in [0.4, 0.5) is 0 Å². The van der Waals surface area contributed by atoms with Gasteiger partial charge >= 0.3 is 5.97 Å². The van der Waals surface area contributed by atoms with Crippen molar-refractivity contribution >= 4 is 11.9 Å². The number of aliphatic carboxylic acids is 1. The Morgan fingerprint density at radius 1 is 1.29 bits per heavy atom. The van der Waals surface area contributed by atoms with Crippen LogP contribution in [0.2, 0.25) is 0 Å². The van der Waals surface area contributed by atoms with Crippen LogP contribution < -0.4 is 5.48 Å². The van der Waals surface area contributed by atoms with E-state index in [-0.39, 0.29) is 12.5 Å². The third-order valence-corrected chi connectivity index (χ3v) is 4.04. The van der Waals surface area contributed by atoms with Gasteiger partial charge in [0.05, 0.1) is 11.5 Å². The summed E-state index contributed by atoms with van der Waals surface area (Å²) in [7, 11) is 0. The Morgan fingerprint density at radius 2 is 1.90 bits per heavy atom. The number of carbonyl (C=O) groups is 2. The van der Waals surface area contributed by atoms with Crippen LogP contribution in [-0.4, -0.2) is 23.1 Å². The van der Waals surface area contributed by atoms with Crippen molar-refractivity contribution in [2.75, 3.05) is 0 Å². The summed E-state index contributed by atoms with van der Waals surface area (Å²) in [6, 6.07) is 8.79. The Bertz CT molecular complexity index is 496. The molecule has 0 aliphatic heterocycles. The summed E-state index contributed by atoms with van der Waals surface area (Å²) in [5.41, 5.74) is 1.75. The van der Waals surface area contributed by atoms with Gasteiger partial charge in [-0.1, -0.05) is 43.2 Å². The summed E-state index contributed by atoms with van der Waals surface area (Å²) in [4.78, 5) is 28.9. The summed E-state index contributed by atoms with van der Waals surface area (Å²) in [5, 5.41) is 9.49. The Morgan fingerprint density at radius 3 is 2.48 bits per heavy atom. The molecule has 1 fully saturated rings. The number of carboxylic acids is 1. The van der Waals surface area contributed by atoms with E-state index in [1.807, 2.05) is 6.07 Å². The van der Waals surface area contributed by atoms with Gasteiger partial charge < -0.3 is 5.11 Å². The Hall–Kier alpha value is -1.88. The van der Waals surface area contributed by atoms with E-state index in [2.05, 4.69) is 5.48 Å². The molecule has 0 saturated heterocycles. The van der Waals surface area contributed by atoms with E-state index in [1.54, 1.807) is 31.2 Å². The standard InChI is InChI=1S/C16H21NO4/c1-16(15(19)20,12-7-3-2-4-8-12)11-14(18)17-21-13-9-5-6-10-13/h2-4,7-8,13H,5-6,9-11H2,1H3,(H,17,18)(H,19,20). The Labute approximate surface area is 124 Å². The molecule has 5 nitrogen and oxygen atoms in total. The summed E-state index contributed by atoms with van der Waals surface area (Å²) >= 11 is 0. The maximum atomic E-state index is 12.0. The van der Waals surface area contributed by atoms with Gasteiger partial charge in [0.2, 0.25) is 5.91 Å². The third kappa shape index (κ3) is 3.82. The van der Waals surface area contributed by atoms with E-state index in [9.17, 15) is 14.7 Å². The first kappa shape index (κ1) is 15.5. The number of benzene rings is 1. The molecular weight excluding hydrogens is 270 g/mol. The van der Waals surface area contributed by atoms with Gasteiger partial charge in [0, 0.05) is 6.42 Å². The topological polar surface area (TPSA) is 75.6 Å². The highest BCUT2D eigenvalue weighted by atomic mass is 16.7. The molecule has 0 aromatic heterocycles. The Balaban J connectivity index is 1.99. The SMILES string of the molecule is CC(CC(=O)NOC1CCCC1)(C(=O)O)c1ccccc1. The van der Waals surface area contributed by atoms with Crippen molar-refractivity contribution < 1.29 is 19.5 Å². The monoisotopic (exact) mass is 291 g/mol. The number of carboxylic acid groups (broad SMARTS) is 1. The van der Waals surface area contributed by atoms with Crippen LogP contribution >= 0.6 is 0 Å². The minimum Gasteiger partial charge on any atom is -0.481 e. The molecule has 1 aliphatic rings. The summed E-state index contributed by atoms with van der Waals surface area (Å²) < 4.78 is 0. The molecule has 2 rings (SSSR count). The summed E-state index contributed by atoms with van der Waals surface area (Å²) in [5.74, 6) is -1.43. The van der Waals surface area contributed by atoms with Crippen LogP contribution in [0, 0.1) is 0 Å². The second-order valence-corrected chi connectivity index (χ2v) is 5.73. The molecular formula is C16H21NO4. The van der Waals surface area contributed by atoms with Gasteiger partial charge in [-0.05, 0) is 25.3 Å². The lowest BCUT2D eigenvalue weighted by molar-refractivity contribution is -0.149. The zero-order valence-electron chi connectivity index (χ0n) is 12.2. The Kier molecular flexibility index (Phi) is 4.96. The first-order chi connectivity index (χ1) is 10.0. The number of hydrogen-bond acceptors (Lipinski definition) is 3. The molecule has 21 heavy (non-hydrogen) atoms. The number of amides is 1. The first-order valence-electron chi connectivity index (χ1n) is 7.26. The lowest BCUT2D eigenvalue weighted by Crippen LogP contribution is -2.39. The van der Waals surface area contributed by atoms with Crippen LogP contribution in [-0.2, 0) is 19.8 Å². The second kappa shape index (κ2) is 6.72. The van der Waals surface area contributed by atoms with Crippen molar-refractivity contribution in [2.24, 2.45) is 0 Å². The van der Waals surface area contributed by atoms with Gasteiger partial charge in [0.25, 0.3) is 0 Å². The van der Waals surface area contributed by atoms with Crippen molar-refractivity contribution in [1.82, 2.24) is 5.48 Å². The lowest BCUT2D eigenvalue weighted by Gasteiger charge is -2.25. The molecule has 2 N–H and O–H groups in total. The van der Waals surface area contributed by atoms with E-state index >= 15 is 0 Å². The van der Waals surface area contributed by atoms with E-state index in [4.69, 9.17) is 4.84 Å². The van der Waals surface area contributed by atoms with Crippen LogP contribution in [0.25, 0.3) is 0 Å². The third-order valence-electron chi connectivity index (χ3n) is 4.04. The summed E-state index contributed by atoms with van der Waals surface area (Å²) in [6.45, 7) is 1.56. The quantitative estimate of drug-likeness (QED) is 0.789. The average Bonchev–Trinajstić information content (AvgIpc) is 2.99. The zero-order valence-corrected chi connectivity index (χ0v) is 12.2. The van der Waals surface area contributed by atoms with Crippen molar-refractivity contribution in [3.8, 4) is 0 Å². The molecule has 1 saturated carbocycles. The highest BCUT2D eigenvalue weighted by molar-refractivity contribution is 5.88. The van der Waals surface area contributed by atoms with Gasteiger partial charge in [-0.15, -0.1) is 0 Å². The molecule has 0 radical (unpaired) electrons.